The minimum atomic E-state index is -0.830. The van der Waals surface area contributed by atoms with Gasteiger partial charge in [-0.3, -0.25) is 9.59 Å². The number of thioether (sulfide) groups is 1. The van der Waals surface area contributed by atoms with E-state index in [1.54, 1.807) is 23.6 Å². The number of carboxylic acid groups (broad SMARTS) is 1. The van der Waals surface area contributed by atoms with Crippen molar-refractivity contribution in [3.8, 4) is 0 Å². The van der Waals surface area contributed by atoms with Crippen molar-refractivity contribution in [2.45, 2.75) is 24.7 Å². The number of halogens is 1. The molecule has 0 aliphatic carbocycles. The molecule has 114 valence electrons. The summed E-state index contributed by atoms with van der Waals surface area (Å²) in [4.78, 5) is 25.9. The molecule has 1 heterocycles. The number of carbonyl (C=O) groups excluding carboxylic acids is 1. The molecule has 2 rings (SSSR count). The van der Waals surface area contributed by atoms with E-state index in [0.717, 1.165) is 4.90 Å². The van der Waals surface area contributed by atoms with Gasteiger partial charge in [0, 0.05) is 30.2 Å². The highest BCUT2D eigenvalue weighted by molar-refractivity contribution is 7.99. The highest BCUT2D eigenvalue weighted by atomic mass is 35.5. The Balaban J connectivity index is 1.81. The van der Waals surface area contributed by atoms with Gasteiger partial charge in [-0.05, 0) is 25.5 Å². The topological polar surface area (TPSA) is 57.6 Å². The van der Waals surface area contributed by atoms with Gasteiger partial charge in [-0.25, -0.2) is 0 Å². The number of aliphatic carboxylic acids is 1. The third-order valence-corrected chi connectivity index (χ3v) is 5.27. The molecule has 1 atom stereocenters. The lowest BCUT2D eigenvalue weighted by Gasteiger charge is -2.20. The van der Waals surface area contributed by atoms with Crippen LogP contribution >= 0.6 is 23.4 Å². The lowest BCUT2D eigenvalue weighted by atomic mass is 9.90. The van der Waals surface area contributed by atoms with Crippen molar-refractivity contribution in [1.29, 1.82) is 0 Å². The molecule has 0 radical (unpaired) electrons. The largest absolute Gasteiger partial charge is 0.481 e. The summed E-state index contributed by atoms with van der Waals surface area (Å²) in [6, 6.07) is 7.53. The minimum Gasteiger partial charge on any atom is -0.481 e. The zero-order valence-corrected chi connectivity index (χ0v) is 13.4. The van der Waals surface area contributed by atoms with Crippen LogP contribution in [-0.2, 0) is 9.59 Å². The average molecular weight is 328 g/mol. The summed E-state index contributed by atoms with van der Waals surface area (Å²) in [6.45, 7) is 2.53. The maximum absolute atomic E-state index is 12.1. The van der Waals surface area contributed by atoms with E-state index in [1.165, 1.54) is 0 Å². The number of amides is 1. The second kappa shape index (κ2) is 6.71. The van der Waals surface area contributed by atoms with E-state index in [2.05, 4.69) is 0 Å². The van der Waals surface area contributed by atoms with Crippen LogP contribution in [0.15, 0.2) is 29.2 Å². The Morgan fingerprint density at radius 3 is 2.76 bits per heavy atom. The van der Waals surface area contributed by atoms with Crippen molar-refractivity contribution in [1.82, 2.24) is 4.90 Å². The molecule has 1 aromatic rings. The number of benzene rings is 1. The molecule has 0 bridgehead atoms. The standard InChI is InChI=1S/C15H18ClNO3S/c1-15(14(19)20)7-8-17(10-15)13(18)6-9-21-12-5-3-2-4-11(12)16/h2-5H,6-10H2,1H3,(H,19,20). The molecular weight excluding hydrogens is 310 g/mol. The first-order chi connectivity index (χ1) is 9.92. The van der Waals surface area contributed by atoms with Gasteiger partial charge in [0.25, 0.3) is 0 Å². The zero-order chi connectivity index (χ0) is 15.5. The van der Waals surface area contributed by atoms with E-state index in [9.17, 15) is 14.7 Å². The monoisotopic (exact) mass is 327 g/mol. The Hall–Kier alpha value is -1.20. The molecule has 1 unspecified atom stereocenters. The van der Waals surface area contributed by atoms with Gasteiger partial charge in [0.1, 0.15) is 0 Å². The maximum atomic E-state index is 12.1. The van der Waals surface area contributed by atoms with Gasteiger partial charge in [0.2, 0.25) is 5.91 Å². The van der Waals surface area contributed by atoms with E-state index in [1.807, 2.05) is 24.3 Å². The van der Waals surface area contributed by atoms with Crippen LogP contribution in [0.5, 0.6) is 0 Å². The summed E-state index contributed by atoms with van der Waals surface area (Å²) >= 11 is 7.60. The van der Waals surface area contributed by atoms with E-state index in [-0.39, 0.29) is 5.91 Å². The summed E-state index contributed by atoms with van der Waals surface area (Å²) in [5.74, 6) is -0.175. The Bertz CT molecular complexity index is 551. The van der Waals surface area contributed by atoms with Crippen molar-refractivity contribution in [2.75, 3.05) is 18.8 Å². The Morgan fingerprint density at radius 2 is 2.14 bits per heavy atom. The van der Waals surface area contributed by atoms with Crippen LogP contribution in [0.2, 0.25) is 5.02 Å². The molecule has 0 spiro atoms. The van der Waals surface area contributed by atoms with Crippen LogP contribution in [-0.4, -0.2) is 40.7 Å². The van der Waals surface area contributed by atoms with Crippen LogP contribution in [0.1, 0.15) is 19.8 Å². The van der Waals surface area contributed by atoms with Crippen molar-refractivity contribution >= 4 is 35.2 Å². The summed E-state index contributed by atoms with van der Waals surface area (Å²) < 4.78 is 0. The minimum absolute atomic E-state index is 0.0135. The van der Waals surface area contributed by atoms with Crippen LogP contribution in [0.4, 0.5) is 0 Å². The van der Waals surface area contributed by atoms with Crippen LogP contribution in [0.3, 0.4) is 0 Å². The quantitative estimate of drug-likeness (QED) is 0.844. The molecule has 4 nitrogen and oxygen atoms in total. The van der Waals surface area contributed by atoms with E-state index in [0.29, 0.717) is 36.7 Å². The molecule has 1 aliphatic rings. The van der Waals surface area contributed by atoms with E-state index >= 15 is 0 Å². The first kappa shape index (κ1) is 16.2. The van der Waals surface area contributed by atoms with Gasteiger partial charge in [0.05, 0.1) is 10.4 Å². The molecule has 1 aliphatic heterocycles. The fraction of sp³-hybridized carbons (Fsp3) is 0.467. The number of nitrogens with zero attached hydrogens (tertiary/aromatic N) is 1. The van der Waals surface area contributed by atoms with Crippen molar-refractivity contribution in [3.05, 3.63) is 29.3 Å². The number of carbonyl (C=O) groups is 2. The summed E-state index contributed by atoms with van der Waals surface area (Å²) in [5.41, 5.74) is -0.800. The van der Waals surface area contributed by atoms with Gasteiger partial charge in [-0.15, -0.1) is 11.8 Å². The summed E-state index contributed by atoms with van der Waals surface area (Å²) in [6.07, 6.45) is 0.914. The molecule has 1 aromatic carbocycles. The lowest BCUT2D eigenvalue weighted by molar-refractivity contribution is -0.147. The smallest absolute Gasteiger partial charge is 0.311 e. The van der Waals surface area contributed by atoms with E-state index < -0.39 is 11.4 Å². The van der Waals surface area contributed by atoms with Gasteiger partial charge in [-0.1, -0.05) is 23.7 Å². The number of hydrogen-bond donors (Lipinski definition) is 1. The molecule has 1 amide bonds. The van der Waals surface area contributed by atoms with Crippen LogP contribution in [0, 0.1) is 5.41 Å². The molecule has 0 saturated carbocycles. The van der Waals surface area contributed by atoms with Crippen molar-refractivity contribution < 1.29 is 14.7 Å². The van der Waals surface area contributed by atoms with Crippen molar-refractivity contribution in [3.63, 3.8) is 0 Å². The normalized spacial score (nSPS) is 21.5. The van der Waals surface area contributed by atoms with Crippen LogP contribution < -0.4 is 0 Å². The molecule has 21 heavy (non-hydrogen) atoms. The Kier molecular flexibility index (Phi) is 5.17. The van der Waals surface area contributed by atoms with Crippen molar-refractivity contribution in [2.24, 2.45) is 5.41 Å². The SMILES string of the molecule is CC1(C(=O)O)CCN(C(=O)CCSc2ccccc2Cl)C1. The Morgan fingerprint density at radius 1 is 1.43 bits per heavy atom. The lowest BCUT2D eigenvalue weighted by Crippen LogP contribution is -2.34. The Labute approximate surface area is 133 Å². The first-order valence-corrected chi connectivity index (χ1v) is 8.17. The number of rotatable bonds is 5. The number of likely N-dealkylation sites (tertiary alicyclic amines) is 1. The predicted molar refractivity (Wildman–Crippen MR) is 83.7 cm³/mol. The summed E-state index contributed by atoms with van der Waals surface area (Å²) in [5, 5.41) is 9.86. The molecule has 0 aromatic heterocycles. The van der Waals surface area contributed by atoms with Gasteiger partial charge in [-0.2, -0.15) is 0 Å². The second-order valence-electron chi connectivity index (χ2n) is 5.46. The second-order valence-corrected chi connectivity index (χ2v) is 7.00. The summed E-state index contributed by atoms with van der Waals surface area (Å²) in [7, 11) is 0. The number of hydrogen-bond acceptors (Lipinski definition) is 3. The molecule has 1 fully saturated rings. The molecule has 1 N–H and O–H groups in total. The molecular formula is C15H18ClNO3S. The fourth-order valence-electron chi connectivity index (χ4n) is 2.32. The predicted octanol–water partition coefficient (Wildman–Crippen LogP) is 3.15. The first-order valence-electron chi connectivity index (χ1n) is 6.81. The van der Waals surface area contributed by atoms with Crippen LogP contribution in [0.25, 0.3) is 0 Å². The van der Waals surface area contributed by atoms with Gasteiger partial charge in [0.15, 0.2) is 0 Å². The third kappa shape index (κ3) is 3.92. The average Bonchev–Trinajstić information content (AvgIpc) is 2.85. The highest BCUT2D eigenvalue weighted by Gasteiger charge is 2.41. The maximum Gasteiger partial charge on any atom is 0.311 e. The van der Waals surface area contributed by atoms with Gasteiger partial charge < -0.3 is 10.0 Å². The molecule has 1 saturated heterocycles. The molecule has 6 heteroatoms. The van der Waals surface area contributed by atoms with E-state index in [4.69, 9.17) is 11.6 Å². The third-order valence-electron chi connectivity index (χ3n) is 3.75. The van der Waals surface area contributed by atoms with Gasteiger partial charge >= 0.3 is 5.97 Å². The highest BCUT2D eigenvalue weighted by Crippen LogP contribution is 2.31. The number of carboxylic acids is 1. The zero-order valence-electron chi connectivity index (χ0n) is 11.8. The fourth-order valence-corrected chi connectivity index (χ4v) is 3.49.